The van der Waals surface area contributed by atoms with Gasteiger partial charge in [0.1, 0.15) is 0 Å². The Hall–Kier alpha value is 0.00753. The van der Waals surface area contributed by atoms with Crippen molar-refractivity contribution in [2.24, 2.45) is 0 Å². The number of hydrogen-bond acceptors (Lipinski definition) is 2. The van der Waals surface area contributed by atoms with Crippen molar-refractivity contribution in [1.82, 2.24) is 0 Å². The summed E-state index contributed by atoms with van der Waals surface area (Å²) < 4.78 is 13.4. The molecular formula is C21H44O2Si4. The summed E-state index contributed by atoms with van der Waals surface area (Å²) in [6, 6.07) is 15.2. The van der Waals surface area contributed by atoms with E-state index >= 15 is 0 Å². The molecule has 0 radical (unpaired) electrons. The standard InChI is InChI=1S/C21H44O2Si4/c1-11-25(7,8)23-27(10,13-3)19-21-16-14-20(15-17-21)18-26(9,12-2)22-24(4,5)6/h14-17H,11-13,18-19H2,1-10H3. The molecule has 27 heavy (non-hydrogen) atoms. The highest BCUT2D eigenvalue weighted by molar-refractivity contribution is 6.85. The van der Waals surface area contributed by atoms with Crippen LogP contribution in [0.1, 0.15) is 31.9 Å². The van der Waals surface area contributed by atoms with Gasteiger partial charge in [-0.2, -0.15) is 0 Å². The summed E-state index contributed by atoms with van der Waals surface area (Å²) in [7, 11) is -6.32. The average Bonchev–Trinajstić information content (AvgIpc) is 2.54. The van der Waals surface area contributed by atoms with Gasteiger partial charge in [0.2, 0.25) is 0 Å². The molecule has 0 bridgehead atoms. The lowest BCUT2D eigenvalue weighted by atomic mass is 10.2. The third-order valence-electron chi connectivity index (χ3n) is 5.60. The molecule has 0 aliphatic heterocycles. The smallest absolute Gasteiger partial charge is 0.180 e. The molecule has 1 aromatic rings. The van der Waals surface area contributed by atoms with E-state index in [1.165, 1.54) is 29.3 Å². The minimum atomic E-state index is -1.67. The molecule has 0 amide bonds. The molecule has 0 heterocycles. The first-order valence-electron chi connectivity index (χ1n) is 10.7. The maximum atomic E-state index is 6.78. The Morgan fingerprint density at radius 2 is 0.963 bits per heavy atom. The van der Waals surface area contributed by atoms with Crippen molar-refractivity contribution >= 4 is 33.3 Å². The Kier molecular flexibility index (Phi) is 8.97. The highest BCUT2D eigenvalue weighted by atomic mass is 28.4. The monoisotopic (exact) mass is 440 g/mol. The molecular weight excluding hydrogens is 397 g/mol. The van der Waals surface area contributed by atoms with Crippen LogP contribution in [-0.2, 0) is 20.3 Å². The van der Waals surface area contributed by atoms with Crippen molar-refractivity contribution in [3.05, 3.63) is 35.4 Å². The Bertz CT molecular complexity index is 583. The van der Waals surface area contributed by atoms with Gasteiger partial charge >= 0.3 is 0 Å². The maximum absolute atomic E-state index is 6.78. The van der Waals surface area contributed by atoms with E-state index in [-0.39, 0.29) is 0 Å². The first-order chi connectivity index (χ1) is 12.3. The Morgan fingerprint density at radius 3 is 1.26 bits per heavy atom. The third kappa shape index (κ3) is 8.91. The van der Waals surface area contributed by atoms with Crippen LogP contribution in [0.3, 0.4) is 0 Å². The van der Waals surface area contributed by atoms with Crippen LogP contribution in [-0.4, -0.2) is 33.3 Å². The lowest BCUT2D eigenvalue weighted by Crippen LogP contribution is -2.47. The lowest BCUT2D eigenvalue weighted by molar-refractivity contribution is 0.531. The molecule has 156 valence electrons. The minimum Gasteiger partial charge on any atom is -0.455 e. The minimum absolute atomic E-state index is 1.13. The molecule has 1 rings (SSSR count). The SMILES string of the molecule is CC[Si](C)(C)O[Si](C)(CC)Cc1ccc(C[Si](C)(CC)O[Si](C)(C)C)cc1. The normalized spacial score (nSPS) is 17.4. The van der Waals surface area contributed by atoms with Gasteiger partial charge < -0.3 is 8.23 Å². The second kappa shape index (κ2) is 9.67. The van der Waals surface area contributed by atoms with Crippen LogP contribution in [0.2, 0.25) is 64.0 Å². The number of hydrogen-bond donors (Lipinski definition) is 0. The highest BCUT2D eigenvalue weighted by Crippen LogP contribution is 2.26. The van der Waals surface area contributed by atoms with Crippen LogP contribution in [0.15, 0.2) is 24.3 Å². The Labute approximate surface area is 173 Å². The van der Waals surface area contributed by atoms with Gasteiger partial charge in [0, 0.05) is 0 Å². The topological polar surface area (TPSA) is 18.5 Å². The summed E-state index contributed by atoms with van der Waals surface area (Å²) in [4.78, 5) is 0. The largest absolute Gasteiger partial charge is 0.455 e. The van der Waals surface area contributed by atoms with Crippen molar-refractivity contribution in [2.75, 3.05) is 0 Å². The average molecular weight is 441 g/mol. The van der Waals surface area contributed by atoms with Gasteiger partial charge in [0.05, 0.1) is 0 Å². The van der Waals surface area contributed by atoms with Gasteiger partial charge in [-0.25, -0.2) is 0 Å². The zero-order valence-electron chi connectivity index (χ0n) is 19.7. The summed E-state index contributed by atoms with van der Waals surface area (Å²) in [5.41, 5.74) is 2.89. The lowest BCUT2D eigenvalue weighted by Gasteiger charge is -2.36. The summed E-state index contributed by atoms with van der Waals surface area (Å²) in [5, 5.41) is 0. The fourth-order valence-corrected chi connectivity index (χ4v) is 19.8. The fraction of sp³-hybridized carbons (Fsp3) is 0.714. The zero-order valence-corrected chi connectivity index (χ0v) is 23.7. The van der Waals surface area contributed by atoms with Crippen LogP contribution in [0.25, 0.3) is 0 Å². The van der Waals surface area contributed by atoms with E-state index in [0.29, 0.717) is 0 Å². The van der Waals surface area contributed by atoms with E-state index in [1.807, 2.05) is 0 Å². The second-order valence-corrected chi connectivity index (χ2v) is 28.2. The number of rotatable bonds is 11. The van der Waals surface area contributed by atoms with Gasteiger partial charge in [0.15, 0.2) is 33.3 Å². The summed E-state index contributed by atoms with van der Waals surface area (Å²) in [6.45, 7) is 23.4. The van der Waals surface area contributed by atoms with Crippen LogP contribution >= 0.6 is 0 Å². The molecule has 0 spiro atoms. The van der Waals surface area contributed by atoms with E-state index < -0.39 is 33.3 Å². The predicted molar refractivity (Wildman–Crippen MR) is 132 cm³/mol. The summed E-state index contributed by atoms with van der Waals surface area (Å²) in [6.07, 6.45) is 0. The van der Waals surface area contributed by atoms with Crippen LogP contribution in [0, 0.1) is 0 Å². The molecule has 2 nitrogen and oxygen atoms in total. The van der Waals surface area contributed by atoms with Crippen LogP contribution < -0.4 is 0 Å². The summed E-state index contributed by atoms with van der Waals surface area (Å²) in [5.74, 6) is 0. The molecule has 1 aromatic carbocycles. The van der Waals surface area contributed by atoms with Crippen LogP contribution in [0.5, 0.6) is 0 Å². The van der Waals surface area contributed by atoms with Crippen molar-refractivity contribution in [1.29, 1.82) is 0 Å². The Morgan fingerprint density at radius 1 is 0.593 bits per heavy atom. The predicted octanol–water partition coefficient (Wildman–Crippen LogP) is 7.13. The molecule has 2 unspecified atom stereocenters. The van der Waals surface area contributed by atoms with E-state index in [0.717, 1.165) is 12.1 Å². The molecule has 6 heteroatoms. The molecule has 0 saturated heterocycles. The van der Waals surface area contributed by atoms with Gasteiger partial charge in [-0.05, 0) is 87.2 Å². The number of benzene rings is 1. The molecule has 0 aliphatic rings. The van der Waals surface area contributed by atoms with Gasteiger partial charge in [-0.15, -0.1) is 0 Å². The summed E-state index contributed by atoms with van der Waals surface area (Å²) >= 11 is 0. The van der Waals surface area contributed by atoms with E-state index in [1.54, 1.807) is 0 Å². The van der Waals surface area contributed by atoms with Crippen LogP contribution in [0.4, 0.5) is 0 Å². The third-order valence-corrected chi connectivity index (χ3v) is 21.2. The molecule has 0 saturated carbocycles. The van der Waals surface area contributed by atoms with Crippen molar-refractivity contribution < 1.29 is 8.23 Å². The van der Waals surface area contributed by atoms with E-state index in [4.69, 9.17) is 8.23 Å². The molecule has 0 aromatic heterocycles. The van der Waals surface area contributed by atoms with Gasteiger partial charge in [-0.3, -0.25) is 0 Å². The van der Waals surface area contributed by atoms with E-state index in [2.05, 4.69) is 90.9 Å². The highest BCUT2D eigenvalue weighted by Gasteiger charge is 2.35. The second-order valence-electron chi connectivity index (χ2n) is 10.2. The first-order valence-corrected chi connectivity index (χ1v) is 22.9. The maximum Gasteiger partial charge on any atom is 0.180 e. The van der Waals surface area contributed by atoms with E-state index in [9.17, 15) is 0 Å². The van der Waals surface area contributed by atoms with Gasteiger partial charge in [0.25, 0.3) is 0 Å². The van der Waals surface area contributed by atoms with Crippen molar-refractivity contribution in [2.45, 2.75) is 96.8 Å². The molecule has 0 fully saturated rings. The molecule has 2 atom stereocenters. The quantitative estimate of drug-likeness (QED) is 0.340. The van der Waals surface area contributed by atoms with Gasteiger partial charge in [-0.1, -0.05) is 45.0 Å². The van der Waals surface area contributed by atoms with Crippen molar-refractivity contribution in [3.8, 4) is 0 Å². The Balaban J connectivity index is 2.86. The molecule has 0 aliphatic carbocycles. The zero-order chi connectivity index (χ0) is 20.9. The van der Waals surface area contributed by atoms with Crippen molar-refractivity contribution in [3.63, 3.8) is 0 Å². The molecule has 0 N–H and O–H groups in total. The first kappa shape index (κ1) is 25.0. The fourth-order valence-electron chi connectivity index (χ4n) is 3.58.